The van der Waals surface area contributed by atoms with Crippen LogP contribution in [0.3, 0.4) is 0 Å². The molecule has 3 heteroatoms. The molecule has 0 radical (unpaired) electrons. The van der Waals surface area contributed by atoms with Crippen molar-refractivity contribution in [1.82, 2.24) is 5.32 Å². The van der Waals surface area contributed by atoms with Gasteiger partial charge in [0.05, 0.1) is 0 Å². The van der Waals surface area contributed by atoms with Crippen LogP contribution in [0.1, 0.15) is 43.4 Å². The quantitative estimate of drug-likeness (QED) is 0.842. The van der Waals surface area contributed by atoms with Gasteiger partial charge in [-0.3, -0.25) is 4.79 Å². The molecule has 0 saturated carbocycles. The van der Waals surface area contributed by atoms with E-state index in [0.717, 1.165) is 38.2 Å². The largest absolute Gasteiger partial charge is 0.312 e. The molecule has 0 aromatic heterocycles. The Morgan fingerprint density at radius 2 is 1.95 bits per heavy atom. The molecule has 0 spiro atoms. The molecular formula is C16H24N2O. The average Bonchev–Trinajstić information content (AvgIpc) is 2.86. The fourth-order valence-electron chi connectivity index (χ4n) is 2.84. The van der Waals surface area contributed by atoms with E-state index >= 15 is 0 Å². The highest BCUT2D eigenvalue weighted by Crippen LogP contribution is 2.29. The Morgan fingerprint density at radius 3 is 2.63 bits per heavy atom. The number of aryl methyl sites for hydroxylation is 1. The summed E-state index contributed by atoms with van der Waals surface area (Å²) in [6, 6.07) is 4.47. The van der Waals surface area contributed by atoms with E-state index in [0.29, 0.717) is 6.42 Å². The number of nitrogens with zero attached hydrogens (tertiary/aromatic N) is 1. The second-order valence-electron chi connectivity index (χ2n) is 4.98. The van der Waals surface area contributed by atoms with Crippen LogP contribution in [-0.4, -0.2) is 19.0 Å². The Bertz CT molecular complexity index is 468. The summed E-state index contributed by atoms with van der Waals surface area (Å²) in [6.45, 7) is 9.00. The van der Waals surface area contributed by atoms with Gasteiger partial charge in [-0.15, -0.1) is 0 Å². The van der Waals surface area contributed by atoms with Crippen molar-refractivity contribution in [3.05, 3.63) is 28.8 Å². The first kappa shape index (κ1) is 14.1. The molecule has 2 heterocycles. The third-order valence-corrected chi connectivity index (χ3v) is 3.77. The zero-order chi connectivity index (χ0) is 13.8. The zero-order valence-electron chi connectivity index (χ0n) is 12.3. The fourth-order valence-corrected chi connectivity index (χ4v) is 2.84. The van der Waals surface area contributed by atoms with Crippen molar-refractivity contribution in [2.45, 2.75) is 46.6 Å². The van der Waals surface area contributed by atoms with Gasteiger partial charge in [-0.05, 0) is 49.1 Å². The van der Waals surface area contributed by atoms with Gasteiger partial charge in [0.2, 0.25) is 5.91 Å². The Labute approximate surface area is 116 Å². The fraction of sp³-hybridized carbons (Fsp3) is 0.562. The molecule has 1 aromatic carbocycles. The molecule has 1 N–H and O–H groups in total. The van der Waals surface area contributed by atoms with Gasteiger partial charge in [0.15, 0.2) is 0 Å². The van der Waals surface area contributed by atoms with Gasteiger partial charge >= 0.3 is 0 Å². The Hall–Kier alpha value is -1.35. The summed E-state index contributed by atoms with van der Waals surface area (Å²) >= 11 is 0. The smallest absolute Gasteiger partial charge is 0.227 e. The van der Waals surface area contributed by atoms with E-state index in [4.69, 9.17) is 0 Å². The van der Waals surface area contributed by atoms with Crippen molar-refractivity contribution in [3.63, 3.8) is 0 Å². The average molecular weight is 260 g/mol. The predicted molar refractivity (Wildman–Crippen MR) is 79.5 cm³/mol. The first-order valence-electron chi connectivity index (χ1n) is 7.39. The summed E-state index contributed by atoms with van der Waals surface area (Å²) in [5, 5.41) is 3.39. The number of rotatable bonds is 1. The van der Waals surface area contributed by atoms with Crippen LogP contribution >= 0.6 is 0 Å². The predicted octanol–water partition coefficient (Wildman–Crippen LogP) is 2.79. The van der Waals surface area contributed by atoms with Crippen molar-refractivity contribution in [3.8, 4) is 0 Å². The van der Waals surface area contributed by atoms with Crippen molar-refractivity contribution in [2.75, 3.05) is 18.0 Å². The lowest BCUT2D eigenvalue weighted by atomic mass is 9.97. The van der Waals surface area contributed by atoms with Gasteiger partial charge in [0.1, 0.15) is 0 Å². The topological polar surface area (TPSA) is 32.3 Å². The molecule has 0 unspecified atom stereocenters. The number of carbonyl (C=O) groups excluding carboxylic acids is 1. The number of hydrogen-bond donors (Lipinski definition) is 1. The summed E-state index contributed by atoms with van der Waals surface area (Å²) < 4.78 is 0. The molecule has 19 heavy (non-hydrogen) atoms. The molecule has 1 amide bonds. The first-order valence-corrected chi connectivity index (χ1v) is 7.39. The molecular weight excluding hydrogens is 236 g/mol. The summed E-state index contributed by atoms with van der Waals surface area (Å²) in [4.78, 5) is 13.8. The maximum atomic E-state index is 11.8. The van der Waals surface area contributed by atoms with Gasteiger partial charge in [-0.2, -0.15) is 0 Å². The summed E-state index contributed by atoms with van der Waals surface area (Å²) in [5.41, 5.74) is 5.16. The molecule has 0 atom stereocenters. The van der Waals surface area contributed by atoms with Gasteiger partial charge < -0.3 is 10.2 Å². The van der Waals surface area contributed by atoms with Crippen LogP contribution in [-0.2, 0) is 17.8 Å². The van der Waals surface area contributed by atoms with E-state index in [2.05, 4.69) is 24.4 Å². The van der Waals surface area contributed by atoms with E-state index in [1.54, 1.807) is 0 Å². The van der Waals surface area contributed by atoms with Gasteiger partial charge in [0, 0.05) is 25.2 Å². The lowest BCUT2D eigenvalue weighted by Gasteiger charge is -2.24. The molecule has 3 nitrogen and oxygen atoms in total. The number of anilines is 1. The number of carbonyl (C=O) groups is 1. The number of benzene rings is 1. The summed E-state index contributed by atoms with van der Waals surface area (Å²) in [5.74, 6) is 0.280. The second-order valence-corrected chi connectivity index (χ2v) is 4.98. The Morgan fingerprint density at radius 1 is 1.16 bits per heavy atom. The molecule has 1 aromatic rings. The zero-order valence-corrected chi connectivity index (χ0v) is 12.3. The normalized spacial score (nSPS) is 17.8. The molecule has 0 bridgehead atoms. The second kappa shape index (κ2) is 6.20. The molecule has 0 aliphatic carbocycles. The lowest BCUT2D eigenvalue weighted by molar-refractivity contribution is -0.117. The van der Waals surface area contributed by atoms with Crippen LogP contribution in [0, 0.1) is 6.92 Å². The first-order chi connectivity index (χ1) is 9.25. The van der Waals surface area contributed by atoms with Crippen molar-refractivity contribution in [1.29, 1.82) is 0 Å². The van der Waals surface area contributed by atoms with Gasteiger partial charge in [-0.25, -0.2) is 0 Å². The van der Waals surface area contributed by atoms with Crippen LogP contribution in [0.4, 0.5) is 5.69 Å². The van der Waals surface area contributed by atoms with Crippen molar-refractivity contribution < 1.29 is 4.79 Å². The maximum Gasteiger partial charge on any atom is 0.227 e. The monoisotopic (exact) mass is 260 g/mol. The van der Waals surface area contributed by atoms with Gasteiger partial charge in [-0.1, -0.05) is 19.9 Å². The SMILES string of the molecule is CC.Cc1cc2c(cc1N1CCCC1=O)CCNC2. The number of fused-ring (bicyclic) bond motifs is 1. The third-order valence-electron chi connectivity index (χ3n) is 3.77. The van der Waals surface area contributed by atoms with Gasteiger partial charge in [0.25, 0.3) is 0 Å². The van der Waals surface area contributed by atoms with Crippen molar-refractivity contribution >= 4 is 11.6 Å². The molecule has 1 fully saturated rings. The van der Waals surface area contributed by atoms with E-state index in [-0.39, 0.29) is 5.91 Å². The van der Waals surface area contributed by atoms with Crippen LogP contribution in [0.15, 0.2) is 12.1 Å². The van der Waals surface area contributed by atoms with E-state index < -0.39 is 0 Å². The van der Waals surface area contributed by atoms with Crippen molar-refractivity contribution in [2.24, 2.45) is 0 Å². The highest BCUT2D eigenvalue weighted by atomic mass is 16.2. The lowest BCUT2D eigenvalue weighted by Crippen LogP contribution is -2.27. The Balaban J connectivity index is 0.000000637. The molecule has 1 saturated heterocycles. The standard InChI is InChI=1S/C14H18N2O.C2H6/c1-10-7-12-9-15-5-4-11(12)8-13(10)16-6-2-3-14(16)17;1-2/h7-8,15H,2-6,9H2,1H3;1-2H3. The minimum absolute atomic E-state index is 0.280. The Kier molecular flexibility index (Phi) is 4.59. The number of nitrogens with one attached hydrogen (secondary N) is 1. The van der Waals surface area contributed by atoms with E-state index in [1.807, 2.05) is 18.7 Å². The number of hydrogen-bond acceptors (Lipinski definition) is 2. The van der Waals surface area contributed by atoms with E-state index in [9.17, 15) is 4.79 Å². The van der Waals surface area contributed by atoms with Crippen LogP contribution in [0.5, 0.6) is 0 Å². The summed E-state index contributed by atoms with van der Waals surface area (Å²) in [6.07, 6.45) is 2.78. The molecule has 104 valence electrons. The molecule has 3 rings (SSSR count). The summed E-state index contributed by atoms with van der Waals surface area (Å²) in [7, 11) is 0. The highest BCUT2D eigenvalue weighted by Gasteiger charge is 2.24. The number of amides is 1. The molecule has 2 aliphatic heterocycles. The minimum atomic E-state index is 0.280. The molecule has 2 aliphatic rings. The van der Waals surface area contributed by atoms with Crippen LogP contribution in [0.25, 0.3) is 0 Å². The third kappa shape index (κ3) is 2.81. The highest BCUT2D eigenvalue weighted by molar-refractivity contribution is 5.96. The van der Waals surface area contributed by atoms with Crippen LogP contribution in [0.2, 0.25) is 0 Å². The maximum absolute atomic E-state index is 11.8. The minimum Gasteiger partial charge on any atom is -0.312 e. The van der Waals surface area contributed by atoms with Crippen LogP contribution < -0.4 is 10.2 Å². The van der Waals surface area contributed by atoms with E-state index in [1.165, 1.54) is 16.7 Å².